The Bertz CT molecular complexity index is 2750. The highest BCUT2D eigenvalue weighted by molar-refractivity contribution is 6.04. The zero-order valence-electron chi connectivity index (χ0n) is 75.0. The molecule has 28 heteroatoms. The molecular formula is C88H163N11O17. The molecule has 3 amide bonds. The summed E-state index contributed by atoms with van der Waals surface area (Å²) in [7, 11) is 21.2. The van der Waals surface area contributed by atoms with Gasteiger partial charge in [-0.25, -0.2) is 4.79 Å². The van der Waals surface area contributed by atoms with Crippen LogP contribution in [-0.4, -0.2) is 405 Å². The molecule has 21 saturated heterocycles. The maximum Gasteiger partial charge on any atom is 0.322 e. The van der Waals surface area contributed by atoms with Gasteiger partial charge in [0.15, 0.2) is 0 Å². The third-order valence-corrected chi connectivity index (χ3v) is 27.9. The summed E-state index contributed by atoms with van der Waals surface area (Å²) in [4.78, 5) is 77.7. The summed E-state index contributed by atoms with van der Waals surface area (Å²) in [6.07, 6.45) is 23.9. The van der Waals surface area contributed by atoms with Gasteiger partial charge in [0, 0.05) is 159 Å². The predicted octanol–water partition coefficient (Wildman–Crippen LogP) is 6.61. The second-order valence-corrected chi connectivity index (χ2v) is 35.5. The first kappa shape index (κ1) is 99.6. The number of carbonyl (C=O) groups excluding carboxylic acids is 5. The van der Waals surface area contributed by atoms with Gasteiger partial charge < -0.3 is 81.8 Å². The minimum Gasteiger partial charge on any atom is -0.469 e. The molecule has 2 N–H and O–H groups in total. The van der Waals surface area contributed by atoms with Gasteiger partial charge in [-0.2, -0.15) is 0 Å². The zero-order valence-corrected chi connectivity index (χ0v) is 75.0. The van der Waals surface area contributed by atoms with Gasteiger partial charge in [-0.05, 0) is 256 Å². The summed E-state index contributed by atoms with van der Waals surface area (Å²) >= 11 is 0. The second kappa shape index (κ2) is 54.2. The lowest BCUT2D eigenvalue weighted by Crippen LogP contribution is -2.56. The van der Waals surface area contributed by atoms with Crippen LogP contribution in [0.15, 0.2) is 12.7 Å². The lowest BCUT2D eigenvalue weighted by molar-refractivity contribution is -0.157. The van der Waals surface area contributed by atoms with Crippen molar-refractivity contribution < 1.29 is 80.8 Å². The molecule has 672 valence electrons. The molecule has 0 saturated carbocycles. The van der Waals surface area contributed by atoms with Crippen LogP contribution in [0.3, 0.4) is 0 Å². The standard InChI is InChI=1S/C12H21NO3.C11H19NO3.C11H19NO.C9H15NO2.2C8H15NO.3C8H17NO.C5H8N2O3/c1-3-16-12(14)11-7-13-5-4-9(11)6-10(13)8-15-2;1-14-7-9-5-8-3-4-12(9)6-10(8)11(13)15-2;1-3-9-7-12-5-4-10(9)6-11(12)8-13-2;1-12-6-8-4-7-2-3-10(8)5-9(7)11;1-10-7-8-2-4-9(6-8)5-3-8;1-10-8-6-9-4-2-7(8)3-5-9;1-9-5-3-8(4-6-9)7-10-2;1-3-9-5-4-8(6-9)7-10-2;1-3-9-6-4-5-8(9)7-10-2;1-10-2-3-4(8)7-5(9)6-3/h9-11H,3-8H2,1-2H3;8-10H,3-7H2,1-2H3;3,9-11H,1,4-8H2,2H3;7-8H,2-6H2,1H3;2-7H2,1H3;7-8H,2-6H2,1H3;3*8H,3-7H2,1-2H3;3H,2H2,1H3,(H2,6,7,8,9). The molecule has 116 heavy (non-hydrogen) atoms. The predicted molar refractivity (Wildman–Crippen MR) is 453 cm³/mol. The van der Waals surface area contributed by atoms with Gasteiger partial charge in [-0.15, -0.1) is 6.58 Å². The van der Waals surface area contributed by atoms with E-state index in [1.165, 1.54) is 183 Å². The topological polar surface area (TPSA) is 249 Å². The summed E-state index contributed by atoms with van der Waals surface area (Å²) in [6, 6.07) is 1.94. The van der Waals surface area contributed by atoms with Crippen molar-refractivity contribution >= 4 is 29.7 Å². The number of imide groups is 1. The van der Waals surface area contributed by atoms with E-state index in [4.69, 9.17) is 52.1 Å². The minimum atomic E-state index is -0.516. The molecule has 19 atom stereocenters. The lowest BCUT2D eigenvalue weighted by Gasteiger charge is -2.48. The van der Waals surface area contributed by atoms with Crippen molar-refractivity contribution in [3.8, 4) is 0 Å². The third-order valence-electron chi connectivity index (χ3n) is 27.9. The second-order valence-electron chi connectivity index (χ2n) is 35.5. The van der Waals surface area contributed by atoms with E-state index in [0.29, 0.717) is 78.4 Å². The number of ketones is 1. The van der Waals surface area contributed by atoms with Gasteiger partial charge >= 0.3 is 18.0 Å². The summed E-state index contributed by atoms with van der Waals surface area (Å²) < 4.78 is 61.3. The Morgan fingerprint density at radius 3 is 1.41 bits per heavy atom. The van der Waals surface area contributed by atoms with Crippen molar-refractivity contribution in [1.82, 2.24) is 54.7 Å². The summed E-state index contributed by atoms with van der Waals surface area (Å²) in [5.41, 5.74) is 0.564. The van der Waals surface area contributed by atoms with E-state index < -0.39 is 12.1 Å². The van der Waals surface area contributed by atoms with Gasteiger partial charge in [0.1, 0.15) is 11.8 Å². The number of ether oxygens (including phenoxy) is 12. The molecule has 28 nitrogen and oxygen atoms in total. The number of Topliss-reactive ketones (excluding diaryl/α,β-unsaturated/α-hetero) is 1. The number of likely N-dealkylation sites (N-methyl/N-ethyl adjacent to an activating group) is 1. The number of esters is 2. The van der Waals surface area contributed by atoms with Crippen LogP contribution in [0, 0.1) is 64.6 Å². The first-order valence-corrected chi connectivity index (χ1v) is 44.7. The summed E-state index contributed by atoms with van der Waals surface area (Å²) in [5.74, 6) is 5.71. The highest BCUT2D eigenvalue weighted by atomic mass is 16.5. The van der Waals surface area contributed by atoms with Crippen LogP contribution in [0.1, 0.15) is 130 Å². The zero-order chi connectivity index (χ0) is 83.9. The molecule has 21 heterocycles. The fourth-order valence-corrected chi connectivity index (χ4v) is 21.0. The molecule has 0 aromatic heterocycles. The first-order chi connectivity index (χ1) is 56.2. The van der Waals surface area contributed by atoms with Crippen molar-refractivity contribution in [3.63, 3.8) is 0 Å². The number of rotatable bonds is 25. The SMILES string of the molecule is C=CC1CN2CCC1CC2COC.CCN1CCC(COC)C1.CCN1CCCC1COC.CCOC(=O)C1CN2CCC1CC2COC.COC1CN2CCC1CC2.COCC12CCN(CC1)C2.COCC1CC2CCN1CC2=O.COCC1CC2CCN1CC2C(=O)OC.COCC1CCN(C)CC1.COCC1NC(=O)NC1=O. The van der Waals surface area contributed by atoms with Gasteiger partial charge in [0.25, 0.3) is 5.91 Å². The monoisotopic (exact) mass is 1650 g/mol. The largest absolute Gasteiger partial charge is 0.469 e. The van der Waals surface area contributed by atoms with E-state index in [1.54, 1.807) is 49.8 Å². The molecule has 21 rings (SSSR count). The first-order valence-electron chi connectivity index (χ1n) is 44.7. The highest BCUT2D eigenvalue weighted by Gasteiger charge is 2.47. The maximum absolute atomic E-state index is 11.8. The molecule has 0 radical (unpaired) electrons. The van der Waals surface area contributed by atoms with Crippen LogP contribution in [0.5, 0.6) is 0 Å². The van der Waals surface area contributed by atoms with E-state index >= 15 is 0 Å². The molecule has 21 aliphatic rings. The number of piperidine rings is 17. The van der Waals surface area contributed by atoms with E-state index in [-0.39, 0.29) is 36.3 Å². The molecule has 21 aliphatic heterocycles. The Morgan fingerprint density at radius 2 is 1.00 bits per heavy atom. The Labute approximate surface area is 700 Å². The number of hydrogen-bond acceptors (Lipinski definition) is 26. The highest BCUT2D eigenvalue weighted by Crippen LogP contribution is 2.42. The Hall–Kier alpha value is -3.47. The van der Waals surface area contributed by atoms with Crippen molar-refractivity contribution in [2.45, 2.75) is 172 Å². The number of carbonyl (C=O) groups is 5. The average Bonchev–Trinajstić information content (AvgIpc) is 1.54. The molecular weight excluding hydrogens is 1480 g/mol. The number of fused-ring (bicyclic) bond motifs is 17. The van der Waals surface area contributed by atoms with Crippen LogP contribution in [0.25, 0.3) is 0 Å². The van der Waals surface area contributed by atoms with Crippen LogP contribution in [-0.2, 0) is 76.0 Å². The Balaban J connectivity index is 0.000000179. The average molecular weight is 1650 g/mol. The van der Waals surface area contributed by atoms with Gasteiger partial charge in [0.05, 0.1) is 91.1 Å². The molecule has 0 spiro atoms. The number of likely N-dealkylation sites (tertiary alicyclic amines) is 3. The van der Waals surface area contributed by atoms with Crippen molar-refractivity contribution in [1.29, 1.82) is 0 Å². The van der Waals surface area contributed by atoms with E-state index in [9.17, 15) is 24.0 Å². The fourth-order valence-electron chi connectivity index (χ4n) is 21.0. The van der Waals surface area contributed by atoms with Gasteiger partial charge in [-0.1, -0.05) is 19.9 Å². The number of amides is 3. The van der Waals surface area contributed by atoms with Crippen LogP contribution in [0.2, 0.25) is 0 Å². The molecule has 19 unspecified atom stereocenters. The molecule has 0 aromatic rings. The maximum atomic E-state index is 11.8. The van der Waals surface area contributed by atoms with Crippen molar-refractivity contribution in [2.24, 2.45) is 64.6 Å². The summed E-state index contributed by atoms with van der Waals surface area (Å²) in [6.45, 7) is 42.5. The van der Waals surface area contributed by atoms with Gasteiger partial charge in [0.2, 0.25) is 0 Å². The van der Waals surface area contributed by atoms with Gasteiger partial charge in [-0.3, -0.25) is 49.0 Å². The molecule has 0 aliphatic carbocycles. The molecule has 0 aromatic carbocycles. The van der Waals surface area contributed by atoms with E-state index in [1.807, 2.05) is 21.1 Å². The van der Waals surface area contributed by atoms with Crippen LogP contribution in [0.4, 0.5) is 4.79 Å². The minimum absolute atomic E-state index is 0.00642. The number of nitrogens with zero attached hydrogens (tertiary/aromatic N) is 9. The van der Waals surface area contributed by atoms with Crippen molar-refractivity contribution in [3.05, 3.63) is 12.7 Å². The van der Waals surface area contributed by atoms with Crippen molar-refractivity contribution in [2.75, 3.05) is 289 Å². The number of hydrogen-bond donors (Lipinski definition) is 2. The smallest absolute Gasteiger partial charge is 0.322 e. The van der Waals surface area contributed by atoms with E-state index in [0.717, 1.165) is 154 Å². The quantitative estimate of drug-likeness (QED) is 0.0554. The van der Waals surface area contributed by atoms with E-state index in [2.05, 4.69) is 93.0 Å². The number of nitrogens with one attached hydrogen (secondary N) is 2. The van der Waals surface area contributed by atoms with Crippen LogP contribution >= 0.6 is 0 Å². The lowest BCUT2D eigenvalue weighted by atomic mass is 9.76. The number of urea groups is 1. The Morgan fingerprint density at radius 1 is 0.483 bits per heavy atom. The summed E-state index contributed by atoms with van der Waals surface area (Å²) in [5, 5.41) is 4.46. The Kier molecular flexibility index (Phi) is 46.6. The third kappa shape index (κ3) is 31.4. The number of methoxy groups -OCH3 is 11. The fraction of sp³-hybridized carbons (Fsp3) is 0.920. The molecule has 21 fully saturated rings. The van der Waals surface area contributed by atoms with Crippen LogP contribution < -0.4 is 10.6 Å². The molecule has 12 bridgehead atoms. The normalized spacial score (nSPS) is 35.9.